The summed E-state index contributed by atoms with van der Waals surface area (Å²) in [7, 11) is 0. The SMILES string of the molecule is C=CSCCSCCSCCSC=C. The van der Waals surface area contributed by atoms with Crippen molar-refractivity contribution >= 4 is 47.0 Å². The zero-order chi connectivity index (χ0) is 10.5. The summed E-state index contributed by atoms with van der Waals surface area (Å²) < 4.78 is 0. The molecular formula is C10H18S4. The van der Waals surface area contributed by atoms with Gasteiger partial charge in [0.2, 0.25) is 0 Å². The van der Waals surface area contributed by atoms with Gasteiger partial charge in [-0.1, -0.05) is 13.2 Å². The second kappa shape index (κ2) is 13.9. The Bertz CT molecular complexity index is 120. The quantitative estimate of drug-likeness (QED) is 0.514. The Kier molecular flexibility index (Phi) is 14.8. The van der Waals surface area contributed by atoms with Crippen LogP contribution in [0, 0.1) is 0 Å². The van der Waals surface area contributed by atoms with E-state index < -0.39 is 0 Å². The maximum Gasteiger partial charge on any atom is 0.00649 e. The normalized spacial score (nSPS) is 10.0. The standard InChI is InChI=1S/C10H18S4/c1-3-11-5-7-13-9-10-14-8-6-12-4-2/h3-4H,1-2,5-10H2. The van der Waals surface area contributed by atoms with E-state index in [-0.39, 0.29) is 0 Å². The molecule has 0 unspecified atom stereocenters. The van der Waals surface area contributed by atoms with Gasteiger partial charge in [0.1, 0.15) is 0 Å². The number of hydrogen-bond donors (Lipinski definition) is 0. The van der Waals surface area contributed by atoms with Gasteiger partial charge in [0.15, 0.2) is 0 Å². The summed E-state index contributed by atoms with van der Waals surface area (Å²) >= 11 is 7.69. The molecule has 0 amide bonds. The van der Waals surface area contributed by atoms with E-state index in [0.29, 0.717) is 0 Å². The van der Waals surface area contributed by atoms with E-state index in [1.54, 1.807) is 23.5 Å². The van der Waals surface area contributed by atoms with Gasteiger partial charge >= 0.3 is 0 Å². The van der Waals surface area contributed by atoms with Crippen molar-refractivity contribution in [3.63, 3.8) is 0 Å². The van der Waals surface area contributed by atoms with E-state index in [9.17, 15) is 0 Å². The van der Waals surface area contributed by atoms with Crippen molar-refractivity contribution < 1.29 is 0 Å². The topological polar surface area (TPSA) is 0 Å². The van der Waals surface area contributed by atoms with Gasteiger partial charge in [-0.3, -0.25) is 0 Å². The van der Waals surface area contributed by atoms with Crippen molar-refractivity contribution in [1.29, 1.82) is 0 Å². The molecule has 0 spiro atoms. The average Bonchev–Trinajstić information content (AvgIpc) is 2.21. The van der Waals surface area contributed by atoms with Crippen LogP contribution < -0.4 is 0 Å². The summed E-state index contributed by atoms with van der Waals surface area (Å²) in [6.07, 6.45) is 0. The van der Waals surface area contributed by atoms with Crippen molar-refractivity contribution in [3.05, 3.63) is 24.0 Å². The molecule has 0 bridgehead atoms. The Morgan fingerprint density at radius 2 is 1.00 bits per heavy atom. The van der Waals surface area contributed by atoms with Crippen molar-refractivity contribution in [2.24, 2.45) is 0 Å². The molecule has 4 heteroatoms. The minimum atomic E-state index is 1.20. The molecule has 0 aromatic carbocycles. The maximum atomic E-state index is 3.68. The summed E-state index contributed by atoms with van der Waals surface area (Å²) in [4.78, 5) is 0. The first-order valence-electron chi connectivity index (χ1n) is 4.52. The molecule has 0 aliphatic heterocycles. The van der Waals surface area contributed by atoms with Crippen LogP contribution in [-0.2, 0) is 0 Å². The molecule has 82 valence electrons. The molecule has 0 atom stereocenters. The predicted molar refractivity (Wildman–Crippen MR) is 80.0 cm³/mol. The Morgan fingerprint density at radius 3 is 1.36 bits per heavy atom. The highest BCUT2D eigenvalue weighted by atomic mass is 32.2. The van der Waals surface area contributed by atoms with Gasteiger partial charge in [0.25, 0.3) is 0 Å². The minimum Gasteiger partial charge on any atom is -0.160 e. The highest BCUT2D eigenvalue weighted by molar-refractivity contribution is 8.06. The van der Waals surface area contributed by atoms with E-state index >= 15 is 0 Å². The molecule has 0 saturated carbocycles. The third kappa shape index (κ3) is 12.9. The van der Waals surface area contributed by atoms with Gasteiger partial charge < -0.3 is 0 Å². The Morgan fingerprint density at radius 1 is 0.643 bits per heavy atom. The highest BCUT2D eigenvalue weighted by Gasteiger charge is 1.91. The van der Waals surface area contributed by atoms with Crippen LogP contribution in [0.25, 0.3) is 0 Å². The van der Waals surface area contributed by atoms with Crippen LogP contribution in [0.5, 0.6) is 0 Å². The first-order chi connectivity index (χ1) is 6.91. The van der Waals surface area contributed by atoms with Crippen LogP contribution in [0.3, 0.4) is 0 Å². The summed E-state index contributed by atoms with van der Waals surface area (Å²) in [6.45, 7) is 7.35. The third-order valence-electron chi connectivity index (χ3n) is 1.30. The third-order valence-corrected chi connectivity index (χ3v) is 5.40. The predicted octanol–water partition coefficient (Wildman–Crippen LogP) is 4.21. The van der Waals surface area contributed by atoms with Crippen LogP contribution in [0.1, 0.15) is 0 Å². The number of rotatable bonds is 11. The molecule has 0 N–H and O–H groups in total. The van der Waals surface area contributed by atoms with Gasteiger partial charge in [0, 0.05) is 34.5 Å². The zero-order valence-electron chi connectivity index (χ0n) is 8.44. The minimum absolute atomic E-state index is 1.20. The fraction of sp³-hybridized carbons (Fsp3) is 0.600. The van der Waals surface area contributed by atoms with Crippen LogP contribution in [0.15, 0.2) is 24.0 Å². The van der Waals surface area contributed by atoms with Gasteiger partial charge in [-0.25, -0.2) is 0 Å². The first-order valence-corrected chi connectivity index (χ1v) is 8.93. The van der Waals surface area contributed by atoms with E-state index in [0.717, 1.165) is 0 Å². The molecule has 0 aliphatic carbocycles. The van der Waals surface area contributed by atoms with Gasteiger partial charge in [0.05, 0.1) is 0 Å². The molecule has 0 radical (unpaired) electrons. The van der Waals surface area contributed by atoms with Crippen LogP contribution in [-0.4, -0.2) is 34.5 Å². The molecule has 0 aromatic rings. The molecule has 0 fully saturated rings. The fourth-order valence-electron chi connectivity index (χ4n) is 0.703. The monoisotopic (exact) mass is 266 g/mol. The average molecular weight is 267 g/mol. The molecule has 0 rings (SSSR count). The zero-order valence-corrected chi connectivity index (χ0v) is 11.7. The van der Waals surface area contributed by atoms with Crippen molar-refractivity contribution in [2.45, 2.75) is 0 Å². The Labute approximate surface area is 105 Å². The highest BCUT2D eigenvalue weighted by Crippen LogP contribution is 2.11. The fourth-order valence-corrected chi connectivity index (χ4v) is 4.10. The summed E-state index contributed by atoms with van der Waals surface area (Å²) in [5.41, 5.74) is 0. The lowest BCUT2D eigenvalue weighted by molar-refractivity contribution is 1.47. The van der Waals surface area contributed by atoms with Crippen LogP contribution in [0.2, 0.25) is 0 Å². The second-order valence-electron chi connectivity index (χ2n) is 2.30. The number of hydrogen-bond acceptors (Lipinski definition) is 4. The van der Waals surface area contributed by atoms with E-state index in [1.807, 2.05) is 34.3 Å². The molecular weight excluding hydrogens is 248 g/mol. The summed E-state index contributed by atoms with van der Waals surface area (Å²) in [5.74, 6) is 7.45. The molecule has 0 aromatic heterocycles. The molecule has 0 heterocycles. The smallest absolute Gasteiger partial charge is 0.00649 e. The summed E-state index contributed by atoms with van der Waals surface area (Å²) in [6, 6.07) is 0. The van der Waals surface area contributed by atoms with Crippen LogP contribution in [0.4, 0.5) is 0 Å². The van der Waals surface area contributed by atoms with Crippen molar-refractivity contribution in [1.82, 2.24) is 0 Å². The Hall–Kier alpha value is 0.880. The number of thioether (sulfide) groups is 4. The first kappa shape index (κ1) is 14.9. The van der Waals surface area contributed by atoms with Gasteiger partial charge in [-0.2, -0.15) is 23.5 Å². The van der Waals surface area contributed by atoms with Gasteiger partial charge in [-0.15, -0.1) is 23.5 Å². The molecule has 0 aliphatic rings. The largest absolute Gasteiger partial charge is 0.160 e. The van der Waals surface area contributed by atoms with Crippen molar-refractivity contribution in [3.8, 4) is 0 Å². The molecule has 14 heavy (non-hydrogen) atoms. The van der Waals surface area contributed by atoms with Crippen LogP contribution >= 0.6 is 47.0 Å². The van der Waals surface area contributed by atoms with Crippen molar-refractivity contribution in [2.75, 3.05) is 34.5 Å². The lowest BCUT2D eigenvalue weighted by Gasteiger charge is -2.00. The van der Waals surface area contributed by atoms with E-state index in [1.165, 1.54) is 34.5 Å². The van der Waals surface area contributed by atoms with Gasteiger partial charge in [-0.05, 0) is 10.8 Å². The molecule has 0 saturated heterocycles. The van der Waals surface area contributed by atoms with E-state index in [4.69, 9.17) is 0 Å². The lowest BCUT2D eigenvalue weighted by atomic mass is 10.9. The lowest BCUT2D eigenvalue weighted by Crippen LogP contribution is -1.91. The second-order valence-corrected chi connectivity index (χ2v) is 6.90. The summed E-state index contributed by atoms with van der Waals surface area (Å²) in [5, 5.41) is 3.84. The maximum absolute atomic E-state index is 3.68. The van der Waals surface area contributed by atoms with E-state index in [2.05, 4.69) is 13.2 Å². The Balaban J connectivity index is 2.84. The molecule has 0 nitrogen and oxygen atoms in total.